The Morgan fingerprint density at radius 3 is 2.76 bits per heavy atom. The van der Waals surface area contributed by atoms with Gasteiger partial charge < -0.3 is 19.5 Å². The standard InChI is InChI=1S/C17H25NO3/c1-19-16-6-2-5-15(13-4-3-9-18-12-13)17(16)21-14-7-10-20-11-8-14/h2,5-6,13-14,18H,3-4,7-12H2,1H3. The number of nitrogens with one attached hydrogen (secondary N) is 1. The number of piperidine rings is 1. The van der Waals surface area contributed by atoms with Crippen molar-refractivity contribution in [3.63, 3.8) is 0 Å². The van der Waals surface area contributed by atoms with Crippen LogP contribution in [0.2, 0.25) is 0 Å². The molecule has 2 heterocycles. The Hall–Kier alpha value is -1.26. The molecule has 3 rings (SSSR count). The van der Waals surface area contributed by atoms with E-state index in [-0.39, 0.29) is 6.10 Å². The summed E-state index contributed by atoms with van der Waals surface area (Å²) in [5.41, 5.74) is 1.29. The lowest BCUT2D eigenvalue weighted by Crippen LogP contribution is -2.30. The van der Waals surface area contributed by atoms with Gasteiger partial charge in [-0.1, -0.05) is 12.1 Å². The van der Waals surface area contributed by atoms with Crippen molar-refractivity contribution in [3.05, 3.63) is 23.8 Å². The first-order valence-corrected chi connectivity index (χ1v) is 8.00. The summed E-state index contributed by atoms with van der Waals surface area (Å²) in [5, 5.41) is 3.49. The summed E-state index contributed by atoms with van der Waals surface area (Å²) in [7, 11) is 1.72. The molecule has 2 aliphatic heterocycles. The van der Waals surface area contributed by atoms with E-state index in [1.165, 1.54) is 18.4 Å². The lowest BCUT2D eigenvalue weighted by atomic mass is 9.90. The molecule has 2 saturated heterocycles. The highest BCUT2D eigenvalue weighted by Gasteiger charge is 2.24. The topological polar surface area (TPSA) is 39.7 Å². The number of hydrogen-bond donors (Lipinski definition) is 1. The molecular formula is C17H25NO3. The Balaban J connectivity index is 1.83. The molecule has 0 aromatic heterocycles. The number of hydrogen-bond acceptors (Lipinski definition) is 4. The van der Waals surface area contributed by atoms with Crippen LogP contribution < -0.4 is 14.8 Å². The van der Waals surface area contributed by atoms with Crippen LogP contribution in [0.1, 0.15) is 37.2 Å². The first-order chi connectivity index (χ1) is 10.4. The van der Waals surface area contributed by atoms with Gasteiger partial charge in [0.15, 0.2) is 11.5 Å². The molecule has 21 heavy (non-hydrogen) atoms. The minimum Gasteiger partial charge on any atom is -0.493 e. The Morgan fingerprint density at radius 1 is 1.19 bits per heavy atom. The molecule has 4 nitrogen and oxygen atoms in total. The van der Waals surface area contributed by atoms with Gasteiger partial charge in [-0.3, -0.25) is 0 Å². The van der Waals surface area contributed by atoms with Crippen molar-refractivity contribution >= 4 is 0 Å². The average molecular weight is 291 g/mol. The van der Waals surface area contributed by atoms with Gasteiger partial charge in [0.2, 0.25) is 0 Å². The third-order valence-electron chi connectivity index (χ3n) is 4.42. The molecule has 0 aliphatic carbocycles. The van der Waals surface area contributed by atoms with Gasteiger partial charge in [0.1, 0.15) is 6.10 Å². The predicted octanol–water partition coefficient (Wildman–Crippen LogP) is 2.72. The van der Waals surface area contributed by atoms with Gasteiger partial charge in [0.25, 0.3) is 0 Å². The van der Waals surface area contributed by atoms with E-state index in [1.54, 1.807) is 7.11 Å². The number of ether oxygens (including phenoxy) is 3. The predicted molar refractivity (Wildman–Crippen MR) is 82.3 cm³/mol. The summed E-state index contributed by atoms with van der Waals surface area (Å²) in [6.45, 7) is 3.73. The van der Waals surface area contributed by atoms with Crippen LogP contribution in [0.25, 0.3) is 0 Å². The molecule has 0 amide bonds. The SMILES string of the molecule is COc1cccc(C2CCCNC2)c1OC1CCOCC1. The van der Waals surface area contributed by atoms with E-state index in [0.717, 1.165) is 50.6 Å². The van der Waals surface area contributed by atoms with Gasteiger partial charge in [0, 0.05) is 30.9 Å². The molecule has 1 N–H and O–H groups in total. The molecule has 2 aliphatic rings. The lowest BCUT2D eigenvalue weighted by molar-refractivity contribution is 0.0239. The van der Waals surface area contributed by atoms with E-state index >= 15 is 0 Å². The summed E-state index contributed by atoms with van der Waals surface area (Å²) in [5.74, 6) is 2.31. The van der Waals surface area contributed by atoms with Crippen LogP contribution in [0.4, 0.5) is 0 Å². The van der Waals surface area contributed by atoms with Gasteiger partial charge in [-0.15, -0.1) is 0 Å². The number of para-hydroxylation sites is 1. The summed E-state index contributed by atoms with van der Waals surface area (Å²) < 4.78 is 17.3. The van der Waals surface area contributed by atoms with Crippen molar-refractivity contribution in [2.75, 3.05) is 33.4 Å². The van der Waals surface area contributed by atoms with E-state index in [9.17, 15) is 0 Å². The molecule has 1 atom stereocenters. The minimum atomic E-state index is 0.241. The van der Waals surface area contributed by atoms with Crippen molar-refractivity contribution in [1.29, 1.82) is 0 Å². The second-order valence-electron chi connectivity index (χ2n) is 5.85. The smallest absolute Gasteiger partial charge is 0.165 e. The molecule has 4 heteroatoms. The van der Waals surface area contributed by atoms with Crippen molar-refractivity contribution in [3.8, 4) is 11.5 Å². The summed E-state index contributed by atoms with van der Waals surface area (Å²) in [6.07, 6.45) is 4.59. The first kappa shape index (κ1) is 14.7. The summed E-state index contributed by atoms with van der Waals surface area (Å²) >= 11 is 0. The van der Waals surface area contributed by atoms with Crippen molar-refractivity contribution in [2.24, 2.45) is 0 Å². The van der Waals surface area contributed by atoms with E-state index < -0.39 is 0 Å². The zero-order chi connectivity index (χ0) is 14.5. The highest BCUT2D eigenvalue weighted by atomic mass is 16.5. The average Bonchev–Trinajstić information content (AvgIpc) is 2.57. The molecule has 1 aromatic rings. The fourth-order valence-electron chi connectivity index (χ4n) is 3.22. The number of benzene rings is 1. The Morgan fingerprint density at radius 2 is 2.05 bits per heavy atom. The van der Waals surface area contributed by atoms with Crippen LogP contribution in [-0.4, -0.2) is 39.5 Å². The zero-order valence-electron chi connectivity index (χ0n) is 12.8. The molecule has 0 saturated carbocycles. The van der Waals surface area contributed by atoms with Gasteiger partial charge in [-0.25, -0.2) is 0 Å². The maximum atomic E-state index is 6.33. The van der Waals surface area contributed by atoms with E-state index in [1.807, 2.05) is 6.07 Å². The van der Waals surface area contributed by atoms with Crippen LogP contribution in [-0.2, 0) is 4.74 Å². The Bertz CT molecular complexity index is 451. The van der Waals surface area contributed by atoms with Crippen LogP contribution in [0.3, 0.4) is 0 Å². The normalized spacial score (nSPS) is 23.8. The Kier molecular flexibility index (Phi) is 4.99. The van der Waals surface area contributed by atoms with Crippen LogP contribution in [0.15, 0.2) is 18.2 Å². The van der Waals surface area contributed by atoms with Crippen molar-refractivity contribution in [1.82, 2.24) is 5.32 Å². The highest BCUT2D eigenvalue weighted by Crippen LogP contribution is 2.39. The molecular weight excluding hydrogens is 266 g/mol. The lowest BCUT2D eigenvalue weighted by Gasteiger charge is -2.29. The third-order valence-corrected chi connectivity index (χ3v) is 4.42. The van der Waals surface area contributed by atoms with Crippen molar-refractivity contribution < 1.29 is 14.2 Å². The van der Waals surface area contributed by atoms with Crippen molar-refractivity contribution in [2.45, 2.75) is 37.7 Å². The molecule has 1 unspecified atom stereocenters. The fourth-order valence-corrected chi connectivity index (χ4v) is 3.22. The van der Waals surface area contributed by atoms with Gasteiger partial charge >= 0.3 is 0 Å². The highest BCUT2D eigenvalue weighted by molar-refractivity contribution is 5.48. The second kappa shape index (κ2) is 7.14. The molecule has 116 valence electrons. The fraction of sp³-hybridized carbons (Fsp3) is 0.647. The molecule has 0 spiro atoms. The molecule has 2 fully saturated rings. The maximum Gasteiger partial charge on any atom is 0.165 e. The molecule has 0 radical (unpaired) electrons. The number of methoxy groups -OCH3 is 1. The molecule has 1 aromatic carbocycles. The van der Waals surface area contributed by atoms with Gasteiger partial charge in [-0.2, -0.15) is 0 Å². The number of rotatable bonds is 4. The maximum absolute atomic E-state index is 6.33. The van der Waals surface area contributed by atoms with Crippen LogP contribution >= 0.6 is 0 Å². The largest absolute Gasteiger partial charge is 0.493 e. The first-order valence-electron chi connectivity index (χ1n) is 8.00. The van der Waals surface area contributed by atoms with Gasteiger partial charge in [0.05, 0.1) is 20.3 Å². The summed E-state index contributed by atoms with van der Waals surface area (Å²) in [6, 6.07) is 6.25. The second-order valence-corrected chi connectivity index (χ2v) is 5.85. The monoisotopic (exact) mass is 291 g/mol. The van der Waals surface area contributed by atoms with Crippen LogP contribution in [0.5, 0.6) is 11.5 Å². The summed E-state index contributed by atoms with van der Waals surface area (Å²) in [4.78, 5) is 0. The molecule has 0 bridgehead atoms. The quantitative estimate of drug-likeness (QED) is 0.926. The minimum absolute atomic E-state index is 0.241. The van der Waals surface area contributed by atoms with E-state index in [2.05, 4.69) is 17.4 Å². The van der Waals surface area contributed by atoms with E-state index in [0.29, 0.717) is 5.92 Å². The van der Waals surface area contributed by atoms with Gasteiger partial charge in [-0.05, 0) is 25.5 Å². The zero-order valence-corrected chi connectivity index (χ0v) is 12.8. The Labute approximate surface area is 126 Å². The van der Waals surface area contributed by atoms with E-state index in [4.69, 9.17) is 14.2 Å². The third kappa shape index (κ3) is 3.50. The van der Waals surface area contributed by atoms with Crippen LogP contribution in [0, 0.1) is 0 Å².